The van der Waals surface area contributed by atoms with Crippen molar-refractivity contribution >= 4 is 34.7 Å². The number of aromatic nitrogens is 2. The number of halogens is 1. The van der Waals surface area contributed by atoms with Crippen molar-refractivity contribution in [3.63, 3.8) is 0 Å². The molecule has 3 aromatic rings. The van der Waals surface area contributed by atoms with E-state index in [1.165, 1.54) is 0 Å². The molecule has 30 heavy (non-hydrogen) atoms. The Hall–Kier alpha value is -3.14. The van der Waals surface area contributed by atoms with Crippen LogP contribution in [0.3, 0.4) is 0 Å². The summed E-state index contributed by atoms with van der Waals surface area (Å²) in [5.74, 6) is 2.11. The lowest BCUT2D eigenvalue weighted by Gasteiger charge is -2.18. The van der Waals surface area contributed by atoms with Crippen LogP contribution in [0.15, 0.2) is 73.7 Å². The highest BCUT2D eigenvalue weighted by Crippen LogP contribution is 2.41. The van der Waals surface area contributed by atoms with E-state index < -0.39 is 10.2 Å². The maximum absolute atomic E-state index is 8.49. The van der Waals surface area contributed by atoms with Gasteiger partial charge in [-0.25, -0.2) is 23.2 Å². The molecule has 4 rings (SSSR count). The molecule has 1 aliphatic heterocycles. The lowest BCUT2D eigenvalue weighted by molar-refractivity contribution is -2.00. The fourth-order valence-electron chi connectivity index (χ4n) is 3.55. The first-order valence-corrected chi connectivity index (χ1v) is 10.1. The zero-order valence-electron chi connectivity index (χ0n) is 16.6. The van der Waals surface area contributed by atoms with Gasteiger partial charge in [-0.15, -0.1) is 10.2 Å². The molecule has 0 radical (unpaired) electrons. The molecular weight excluding hydrogens is 408 g/mol. The van der Waals surface area contributed by atoms with Gasteiger partial charge in [0.1, 0.15) is 5.82 Å². The molecule has 1 aliphatic rings. The highest BCUT2D eigenvalue weighted by atomic mass is 35.7. The Labute approximate surface area is 176 Å². The molecular formula is C21H21ClN4O4. The van der Waals surface area contributed by atoms with Gasteiger partial charge in [-0.1, -0.05) is 37.4 Å². The monoisotopic (exact) mass is 428 g/mol. The summed E-state index contributed by atoms with van der Waals surface area (Å²) in [6.45, 7) is 8.00. The minimum Gasteiger partial charge on any atom is -0.329 e. The van der Waals surface area contributed by atoms with Crippen LogP contribution in [0.2, 0.25) is 0 Å². The molecule has 8 nitrogen and oxygen atoms in total. The molecule has 1 aromatic heterocycles. The zero-order chi connectivity index (χ0) is 22.1. The van der Waals surface area contributed by atoms with Crippen LogP contribution in [0.5, 0.6) is 0 Å². The zero-order valence-corrected chi connectivity index (χ0v) is 17.3. The number of fused-ring (bicyclic) bond motifs is 2. The first-order chi connectivity index (χ1) is 14.2. The summed E-state index contributed by atoms with van der Waals surface area (Å²) in [6, 6.07) is 16.7. The van der Waals surface area contributed by atoms with Gasteiger partial charge in [-0.2, -0.15) is 4.57 Å². The topological polar surface area (TPSA) is 108 Å². The molecule has 0 spiro atoms. The number of hydrogen-bond acceptors (Lipinski definition) is 6. The summed E-state index contributed by atoms with van der Waals surface area (Å²) in [5, 5.41) is 0. The Balaban J connectivity index is 0.000000461. The molecule has 0 saturated heterocycles. The number of benzene rings is 2. The summed E-state index contributed by atoms with van der Waals surface area (Å²) in [4.78, 5) is 4.29. The second-order valence-corrected chi connectivity index (χ2v) is 7.20. The molecule has 2 aromatic carbocycles. The lowest BCUT2D eigenvalue weighted by Crippen LogP contribution is -2.68. The van der Waals surface area contributed by atoms with Crippen molar-refractivity contribution in [1.29, 1.82) is 0 Å². The Bertz CT molecular complexity index is 1130. The van der Waals surface area contributed by atoms with Crippen molar-refractivity contribution in [2.75, 3.05) is 16.8 Å². The van der Waals surface area contributed by atoms with Gasteiger partial charge in [0.15, 0.2) is 11.0 Å². The summed E-state index contributed by atoms with van der Waals surface area (Å²) in [6.07, 6.45) is 5.88. The average molecular weight is 429 g/mol. The molecule has 0 N–H and O–H groups in total. The van der Waals surface area contributed by atoms with E-state index in [-0.39, 0.29) is 0 Å². The van der Waals surface area contributed by atoms with E-state index in [0.29, 0.717) is 0 Å². The van der Waals surface area contributed by atoms with Gasteiger partial charge in [-0.05, 0) is 24.3 Å². The van der Waals surface area contributed by atoms with Gasteiger partial charge >= 0.3 is 0 Å². The Morgan fingerprint density at radius 2 is 1.47 bits per heavy atom. The molecule has 0 atom stereocenters. The van der Waals surface area contributed by atoms with Gasteiger partial charge in [-0.3, -0.25) is 0 Å². The van der Waals surface area contributed by atoms with Crippen LogP contribution in [0.1, 0.15) is 5.82 Å². The second kappa shape index (κ2) is 8.31. The fraction of sp³-hybridized carbons (Fsp3) is 0.0952. The smallest absolute Gasteiger partial charge is 0.290 e. The van der Waals surface area contributed by atoms with E-state index in [4.69, 9.17) is 18.6 Å². The van der Waals surface area contributed by atoms with Crippen molar-refractivity contribution in [3.05, 3.63) is 79.5 Å². The maximum Gasteiger partial charge on any atom is 0.290 e. The number of aryl methyl sites for hydroxylation is 1. The molecule has 9 heteroatoms. The molecule has 0 amide bonds. The van der Waals surface area contributed by atoms with Crippen LogP contribution in [0, 0.1) is 10.2 Å². The summed E-state index contributed by atoms with van der Waals surface area (Å²) in [7, 11) is -0.788. The predicted octanol–water partition coefficient (Wildman–Crippen LogP) is -0.791. The molecule has 0 aliphatic carbocycles. The molecule has 0 bridgehead atoms. The van der Waals surface area contributed by atoms with Crippen LogP contribution in [-0.4, -0.2) is 11.6 Å². The highest BCUT2D eigenvalue weighted by molar-refractivity contribution is 5.86. The van der Waals surface area contributed by atoms with Crippen molar-refractivity contribution in [2.45, 2.75) is 0 Å². The number of imidazole rings is 1. The third kappa shape index (κ3) is 4.09. The van der Waals surface area contributed by atoms with E-state index in [9.17, 15) is 0 Å². The number of rotatable bonds is 3. The van der Waals surface area contributed by atoms with Gasteiger partial charge < -0.3 is 9.80 Å². The fourth-order valence-corrected chi connectivity index (χ4v) is 3.55. The largest absolute Gasteiger partial charge is 0.329 e. The number of para-hydroxylation sites is 4. The Morgan fingerprint density at radius 1 is 0.900 bits per heavy atom. The number of anilines is 2. The van der Waals surface area contributed by atoms with Crippen molar-refractivity contribution in [2.24, 2.45) is 7.05 Å². The third-order valence-corrected chi connectivity index (χ3v) is 4.81. The van der Waals surface area contributed by atoms with E-state index in [1.807, 2.05) is 24.5 Å². The van der Waals surface area contributed by atoms with Crippen LogP contribution in [0.4, 0.5) is 11.4 Å². The highest BCUT2D eigenvalue weighted by Gasteiger charge is 2.29. The Kier molecular flexibility index (Phi) is 5.97. The summed E-state index contributed by atoms with van der Waals surface area (Å²) < 4.78 is 38.3. The van der Waals surface area contributed by atoms with Gasteiger partial charge in [0.25, 0.3) is 5.82 Å². The lowest BCUT2D eigenvalue weighted by atomic mass is 10.2. The minimum atomic E-state index is -4.94. The van der Waals surface area contributed by atoms with Crippen molar-refractivity contribution in [1.82, 2.24) is 4.57 Å². The van der Waals surface area contributed by atoms with E-state index in [0.717, 1.165) is 34.1 Å². The first-order valence-electron chi connectivity index (χ1n) is 8.87. The third-order valence-electron chi connectivity index (χ3n) is 4.81. The normalized spacial score (nSPS) is 14.5. The van der Waals surface area contributed by atoms with Crippen molar-refractivity contribution < 1.29 is 33.4 Å². The molecule has 0 fully saturated rings. The maximum atomic E-state index is 8.49. The van der Waals surface area contributed by atoms with E-state index in [1.54, 1.807) is 0 Å². The summed E-state index contributed by atoms with van der Waals surface area (Å²) in [5.41, 5.74) is 4.60. The van der Waals surface area contributed by atoms with Gasteiger partial charge in [0.2, 0.25) is 0 Å². The number of nitrogens with zero attached hydrogens (tertiary/aromatic N) is 4. The minimum absolute atomic E-state index is 1.05. The van der Waals surface area contributed by atoms with Crippen LogP contribution in [-0.2, 0) is 7.05 Å². The molecule has 0 unspecified atom stereocenters. The van der Waals surface area contributed by atoms with Crippen molar-refractivity contribution in [3.8, 4) is 0 Å². The Morgan fingerprint density at radius 3 is 2.07 bits per heavy atom. The predicted molar refractivity (Wildman–Crippen MR) is 105 cm³/mol. The number of hydrogen-bond donors (Lipinski definition) is 0. The standard InChI is InChI=1S/C21H21N4.ClHO4/c1-5-24-18-13-9-7-11-16(18)22(3)20(24)15-21-23(4)17-12-8-10-14-19(17)25(21)6-2;2-1(3,4)5/h5-15H,1-2H2,3-4H3;(H,2,3,4,5)/q+1;/p-1. The van der Waals surface area contributed by atoms with Crippen LogP contribution in [0.25, 0.3) is 23.3 Å². The van der Waals surface area contributed by atoms with Gasteiger partial charge in [0.05, 0.1) is 30.7 Å². The van der Waals surface area contributed by atoms with Crippen LogP contribution >= 0.6 is 0 Å². The van der Waals surface area contributed by atoms with Gasteiger partial charge in [0, 0.05) is 13.2 Å². The molecule has 0 saturated carbocycles. The molecule has 156 valence electrons. The van der Waals surface area contributed by atoms with E-state index >= 15 is 0 Å². The SMILES string of the molecule is C=CN1/C(=C/c2n(C=C)c3ccccc3[n+]2C)N(C)c2ccccc21.[O-][Cl+3]([O-])([O-])[O-]. The van der Waals surface area contributed by atoms with E-state index in [2.05, 4.69) is 88.7 Å². The summed E-state index contributed by atoms with van der Waals surface area (Å²) >= 11 is 0. The molecule has 2 heterocycles. The average Bonchev–Trinajstić information content (AvgIpc) is 3.13. The quantitative estimate of drug-likeness (QED) is 0.506. The first kappa shape index (κ1) is 21.6. The van der Waals surface area contributed by atoms with Crippen LogP contribution < -0.4 is 33.0 Å². The second-order valence-electron chi connectivity index (χ2n) is 6.44.